The van der Waals surface area contributed by atoms with Crippen LogP contribution in [0.4, 0.5) is 0 Å². The van der Waals surface area contributed by atoms with Gasteiger partial charge in [0.2, 0.25) is 5.91 Å². The number of carbonyl (C=O) groups is 2. The molecule has 12 heteroatoms. The fourth-order valence-corrected chi connectivity index (χ4v) is 2.06. The standard InChI is InChI=1S/C20H39NO11/c22-4-6-27-8-10-29-12-14-31-16-18-32-17-15-30-13-11-28-9-7-26-5-3-21-19(23)1-2-20(24)25/h22H,1-18H2,(H,21,23)(H,24,25). The van der Waals surface area contributed by atoms with Gasteiger partial charge in [-0.3, -0.25) is 9.59 Å². The molecule has 0 aliphatic carbocycles. The van der Waals surface area contributed by atoms with Gasteiger partial charge in [0.05, 0.1) is 106 Å². The van der Waals surface area contributed by atoms with Crippen LogP contribution in [0.1, 0.15) is 12.8 Å². The quantitative estimate of drug-likeness (QED) is 0.135. The lowest BCUT2D eigenvalue weighted by Crippen LogP contribution is -2.27. The van der Waals surface area contributed by atoms with Crippen molar-refractivity contribution in [2.75, 3.05) is 106 Å². The highest BCUT2D eigenvalue weighted by Gasteiger charge is 2.04. The van der Waals surface area contributed by atoms with E-state index < -0.39 is 5.97 Å². The molecular weight excluding hydrogens is 430 g/mol. The van der Waals surface area contributed by atoms with Crippen molar-refractivity contribution < 1.29 is 53.0 Å². The second kappa shape index (κ2) is 25.9. The predicted octanol–water partition coefficient (Wildman–Crippen LogP) is -0.924. The molecule has 0 radical (unpaired) electrons. The van der Waals surface area contributed by atoms with Gasteiger partial charge in [-0.15, -0.1) is 0 Å². The number of hydrogen-bond donors (Lipinski definition) is 3. The molecule has 0 aliphatic rings. The summed E-state index contributed by atoms with van der Waals surface area (Å²) < 4.78 is 37.1. The second-order valence-corrected chi connectivity index (χ2v) is 6.25. The molecule has 32 heavy (non-hydrogen) atoms. The van der Waals surface area contributed by atoms with E-state index in [0.29, 0.717) is 99.0 Å². The first-order valence-corrected chi connectivity index (χ1v) is 10.8. The highest BCUT2D eigenvalue weighted by molar-refractivity contribution is 5.80. The van der Waals surface area contributed by atoms with Crippen molar-refractivity contribution in [3.05, 3.63) is 0 Å². The highest BCUT2D eigenvalue weighted by Crippen LogP contribution is 1.88. The third kappa shape index (κ3) is 26.7. The largest absolute Gasteiger partial charge is 0.481 e. The molecule has 0 saturated carbocycles. The van der Waals surface area contributed by atoms with E-state index in [-0.39, 0.29) is 25.4 Å². The third-order valence-electron chi connectivity index (χ3n) is 3.60. The number of carboxylic acids is 1. The lowest BCUT2D eigenvalue weighted by atomic mass is 10.3. The van der Waals surface area contributed by atoms with Crippen molar-refractivity contribution in [1.82, 2.24) is 5.32 Å². The van der Waals surface area contributed by atoms with Gasteiger partial charge in [-0.05, 0) is 0 Å². The maximum Gasteiger partial charge on any atom is 0.303 e. The molecule has 0 aliphatic heterocycles. The van der Waals surface area contributed by atoms with E-state index in [1.807, 2.05) is 0 Å². The predicted molar refractivity (Wildman–Crippen MR) is 113 cm³/mol. The van der Waals surface area contributed by atoms with Crippen molar-refractivity contribution >= 4 is 11.9 Å². The van der Waals surface area contributed by atoms with Crippen molar-refractivity contribution in [1.29, 1.82) is 0 Å². The number of ether oxygens (including phenoxy) is 7. The minimum absolute atomic E-state index is 0.0168. The van der Waals surface area contributed by atoms with E-state index in [0.717, 1.165) is 0 Å². The molecule has 12 nitrogen and oxygen atoms in total. The Kier molecular flexibility index (Phi) is 24.8. The van der Waals surface area contributed by atoms with Gasteiger partial charge in [-0.2, -0.15) is 0 Å². The van der Waals surface area contributed by atoms with Crippen LogP contribution in [0.2, 0.25) is 0 Å². The van der Waals surface area contributed by atoms with Crippen LogP contribution in [-0.4, -0.2) is 128 Å². The summed E-state index contributed by atoms with van der Waals surface area (Å²) in [5.74, 6) is -1.30. The molecule has 0 heterocycles. The molecular formula is C20H39NO11. The second-order valence-electron chi connectivity index (χ2n) is 6.25. The van der Waals surface area contributed by atoms with Crippen LogP contribution in [0, 0.1) is 0 Å². The van der Waals surface area contributed by atoms with Crippen molar-refractivity contribution in [3.8, 4) is 0 Å². The average Bonchev–Trinajstić information content (AvgIpc) is 2.78. The Labute approximate surface area is 189 Å². The van der Waals surface area contributed by atoms with E-state index in [4.69, 9.17) is 43.4 Å². The number of carboxylic acid groups (broad SMARTS) is 1. The van der Waals surface area contributed by atoms with Crippen LogP contribution >= 0.6 is 0 Å². The molecule has 1 amide bonds. The number of nitrogens with one attached hydrogen (secondary N) is 1. The summed E-state index contributed by atoms with van der Waals surface area (Å²) in [7, 11) is 0. The molecule has 0 aromatic rings. The normalized spacial score (nSPS) is 11.0. The number of hydrogen-bond acceptors (Lipinski definition) is 10. The molecule has 0 unspecified atom stereocenters. The number of aliphatic carboxylic acids is 1. The number of aliphatic hydroxyl groups is 1. The summed E-state index contributed by atoms with van der Waals surface area (Å²) in [6.45, 7) is 6.57. The van der Waals surface area contributed by atoms with Crippen LogP contribution in [0.3, 0.4) is 0 Å². The van der Waals surface area contributed by atoms with Gasteiger partial charge >= 0.3 is 5.97 Å². The summed E-state index contributed by atoms with van der Waals surface area (Å²) >= 11 is 0. The third-order valence-corrected chi connectivity index (χ3v) is 3.60. The summed E-state index contributed by atoms with van der Waals surface area (Å²) in [5, 5.41) is 19.6. The molecule has 3 N–H and O–H groups in total. The van der Waals surface area contributed by atoms with E-state index in [1.165, 1.54) is 0 Å². The van der Waals surface area contributed by atoms with Gasteiger partial charge in [0, 0.05) is 13.0 Å². The topological polar surface area (TPSA) is 151 Å². The van der Waals surface area contributed by atoms with Crippen LogP contribution in [0.5, 0.6) is 0 Å². The van der Waals surface area contributed by atoms with Gasteiger partial charge in [0.15, 0.2) is 0 Å². The number of carbonyl (C=O) groups excluding carboxylic acids is 1. The fraction of sp³-hybridized carbons (Fsp3) is 0.900. The molecule has 0 aromatic heterocycles. The molecule has 0 spiro atoms. The maximum absolute atomic E-state index is 11.3. The molecule has 0 rings (SSSR count). The van der Waals surface area contributed by atoms with Crippen molar-refractivity contribution in [2.45, 2.75) is 12.8 Å². The van der Waals surface area contributed by atoms with Crippen LogP contribution < -0.4 is 5.32 Å². The number of aliphatic hydroxyl groups excluding tert-OH is 1. The molecule has 0 saturated heterocycles. The Morgan fingerprint density at radius 2 is 0.875 bits per heavy atom. The monoisotopic (exact) mass is 469 g/mol. The number of amides is 1. The van der Waals surface area contributed by atoms with Gasteiger partial charge in [-0.1, -0.05) is 0 Å². The Morgan fingerprint density at radius 1 is 0.531 bits per heavy atom. The zero-order valence-electron chi connectivity index (χ0n) is 18.8. The minimum atomic E-state index is -0.994. The fourth-order valence-electron chi connectivity index (χ4n) is 2.06. The Balaban J connectivity index is 3.08. The molecule has 0 fully saturated rings. The summed E-state index contributed by atoms with van der Waals surface area (Å²) in [5.41, 5.74) is 0. The van der Waals surface area contributed by atoms with Gasteiger partial charge in [-0.25, -0.2) is 0 Å². The first kappa shape index (κ1) is 30.6. The van der Waals surface area contributed by atoms with Crippen LogP contribution in [0.25, 0.3) is 0 Å². The lowest BCUT2D eigenvalue weighted by Gasteiger charge is -2.08. The Morgan fingerprint density at radius 3 is 1.22 bits per heavy atom. The van der Waals surface area contributed by atoms with E-state index in [1.54, 1.807) is 0 Å². The number of rotatable bonds is 26. The minimum Gasteiger partial charge on any atom is -0.481 e. The van der Waals surface area contributed by atoms with E-state index >= 15 is 0 Å². The first-order chi connectivity index (χ1) is 15.7. The maximum atomic E-state index is 11.3. The van der Waals surface area contributed by atoms with Crippen molar-refractivity contribution in [3.63, 3.8) is 0 Å². The molecule has 0 aromatic carbocycles. The summed E-state index contributed by atoms with van der Waals surface area (Å²) in [6, 6.07) is 0. The molecule has 0 bridgehead atoms. The zero-order valence-corrected chi connectivity index (χ0v) is 18.8. The van der Waals surface area contributed by atoms with Crippen LogP contribution in [0.15, 0.2) is 0 Å². The average molecular weight is 470 g/mol. The Hall–Kier alpha value is -1.38. The van der Waals surface area contributed by atoms with Crippen molar-refractivity contribution in [2.24, 2.45) is 0 Å². The summed E-state index contributed by atoms with van der Waals surface area (Å²) in [4.78, 5) is 21.6. The van der Waals surface area contributed by atoms with E-state index in [9.17, 15) is 9.59 Å². The van der Waals surface area contributed by atoms with Crippen LogP contribution in [-0.2, 0) is 42.7 Å². The van der Waals surface area contributed by atoms with Gasteiger partial charge < -0.3 is 48.7 Å². The smallest absolute Gasteiger partial charge is 0.303 e. The molecule has 0 atom stereocenters. The lowest BCUT2D eigenvalue weighted by molar-refractivity contribution is -0.138. The van der Waals surface area contributed by atoms with Gasteiger partial charge in [0.1, 0.15) is 0 Å². The van der Waals surface area contributed by atoms with E-state index in [2.05, 4.69) is 5.32 Å². The SMILES string of the molecule is O=C(O)CCC(=O)NCCOCCOCCOCCOCCOCCOCCOCCO. The zero-order chi connectivity index (χ0) is 23.5. The molecule has 190 valence electrons. The summed E-state index contributed by atoms with van der Waals surface area (Å²) in [6.07, 6.45) is -0.207. The highest BCUT2D eigenvalue weighted by atomic mass is 16.6. The Bertz CT molecular complexity index is 426. The van der Waals surface area contributed by atoms with Gasteiger partial charge in [0.25, 0.3) is 0 Å². The first-order valence-electron chi connectivity index (χ1n) is 10.8.